The highest BCUT2D eigenvalue weighted by molar-refractivity contribution is 5.69. The van der Waals surface area contributed by atoms with E-state index in [0.29, 0.717) is 18.0 Å². The van der Waals surface area contributed by atoms with Crippen LogP contribution in [0.5, 0.6) is 0 Å². The summed E-state index contributed by atoms with van der Waals surface area (Å²) in [5, 5.41) is 3.46. The van der Waals surface area contributed by atoms with Crippen LogP contribution in [-0.4, -0.2) is 50.6 Å². The normalized spacial score (nSPS) is 22.0. The monoisotopic (exact) mass is 532 g/mol. The highest BCUT2D eigenvalue weighted by atomic mass is 15.3. The number of rotatable bonds is 10. The van der Waals surface area contributed by atoms with E-state index in [1.54, 1.807) is 0 Å². The Morgan fingerprint density at radius 1 is 1.13 bits per heavy atom. The lowest BCUT2D eigenvalue weighted by Crippen LogP contribution is -2.60. The molecule has 0 spiro atoms. The van der Waals surface area contributed by atoms with E-state index in [1.165, 1.54) is 44.2 Å². The first kappa shape index (κ1) is 29.5. The lowest BCUT2D eigenvalue weighted by Gasteiger charge is -2.53. The Balaban J connectivity index is 1.57. The predicted molar refractivity (Wildman–Crippen MR) is 166 cm³/mol. The van der Waals surface area contributed by atoms with E-state index >= 15 is 0 Å². The molecule has 6 heteroatoms. The highest BCUT2D eigenvalue weighted by Gasteiger charge is 2.42. The Labute approximate surface area is 237 Å². The second kappa shape index (κ2) is 12.8. The number of allylic oxidation sites excluding steroid dienone is 1. The van der Waals surface area contributed by atoms with E-state index in [1.807, 2.05) is 13.8 Å². The summed E-state index contributed by atoms with van der Waals surface area (Å²) in [5.41, 5.74) is 4.56. The molecule has 2 aliphatic rings. The summed E-state index contributed by atoms with van der Waals surface area (Å²) >= 11 is 0. The molecule has 214 valence electrons. The van der Waals surface area contributed by atoms with Gasteiger partial charge in [-0.2, -0.15) is 15.0 Å². The van der Waals surface area contributed by atoms with Gasteiger partial charge in [-0.15, -0.1) is 0 Å². The Kier molecular flexibility index (Phi) is 9.69. The van der Waals surface area contributed by atoms with Crippen molar-refractivity contribution in [2.45, 2.75) is 124 Å². The molecule has 4 rings (SSSR count). The first-order valence-electron chi connectivity index (χ1n) is 15.4. The van der Waals surface area contributed by atoms with Gasteiger partial charge < -0.3 is 10.2 Å². The van der Waals surface area contributed by atoms with Crippen LogP contribution in [0.2, 0.25) is 0 Å². The number of anilines is 3. The molecule has 1 aliphatic carbocycles. The van der Waals surface area contributed by atoms with Crippen molar-refractivity contribution in [2.75, 3.05) is 23.3 Å². The van der Waals surface area contributed by atoms with Crippen LogP contribution in [-0.2, 0) is 0 Å². The molecule has 2 atom stereocenters. The second-order valence-corrected chi connectivity index (χ2v) is 12.9. The number of hydrogen-bond acceptors (Lipinski definition) is 6. The molecule has 1 saturated carbocycles. The third kappa shape index (κ3) is 7.39. The third-order valence-electron chi connectivity index (χ3n) is 8.98. The number of nitrogens with one attached hydrogen (secondary N) is 1. The van der Waals surface area contributed by atoms with Gasteiger partial charge in [0.1, 0.15) is 5.82 Å². The number of likely N-dealkylation sites (tertiary alicyclic amines) is 1. The van der Waals surface area contributed by atoms with E-state index < -0.39 is 0 Å². The molecule has 0 bridgehead atoms. The van der Waals surface area contributed by atoms with Crippen molar-refractivity contribution in [3.63, 3.8) is 0 Å². The molecule has 2 heterocycles. The molecule has 2 unspecified atom stereocenters. The summed E-state index contributed by atoms with van der Waals surface area (Å²) in [7, 11) is 0. The lowest BCUT2D eigenvalue weighted by molar-refractivity contribution is 0.00287. The van der Waals surface area contributed by atoms with Crippen molar-refractivity contribution in [3.8, 4) is 0 Å². The predicted octanol–water partition coefficient (Wildman–Crippen LogP) is 8.08. The van der Waals surface area contributed by atoms with E-state index in [-0.39, 0.29) is 5.54 Å². The fraction of sp³-hybridized carbons (Fsp3) is 0.667. The maximum atomic E-state index is 5.00. The molecule has 39 heavy (non-hydrogen) atoms. The van der Waals surface area contributed by atoms with Crippen LogP contribution in [0.1, 0.15) is 109 Å². The van der Waals surface area contributed by atoms with Crippen LogP contribution >= 0.6 is 0 Å². The van der Waals surface area contributed by atoms with Gasteiger partial charge in [0, 0.05) is 36.4 Å². The van der Waals surface area contributed by atoms with Gasteiger partial charge in [-0.25, -0.2) is 0 Å². The fourth-order valence-electron chi connectivity index (χ4n) is 6.92. The Hall–Kier alpha value is -2.47. The molecule has 6 nitrogen and oxygen atoms in total. The van der Waals surface area contributed by atoms with Crippen molar-refractivity contribution < 1.29 is 0 Å². The zero-order valence-electron chi connectivity index (χ0n) is 25.7. The zero-order valence-corrected chi connectivity index (χ0v) is 25.7. The van der Waals surface area contributed by atoms with Crippen molar-refractivity contribution in [3.05, 3.63) is 41.7 Å². The topological polar surface area (TPSA) is 57.2 Å². The lowest BCUT2D eigenvalue weighted by atomic mass is 9.80. The summed E-state index contributed by atoms with van der Waals surface area (Å²) < 4.78 is 0. The molecule has 1 aromatic heterocycles. The van der Waals surface area contributed by atoms with Gasteiger partial charge in [-0.3, -0.25) is 4.90 Å². The van der Waals surface area contributed by atoms with Crippen LogP contribution in [0.4, 0.5) is 17.6 Å². The van der Waals surface area contributed by atoms with Crippen molar-refractivity contribution in [2.24, 2.45) is 5.92 Å². The summed E-state index contributed by atoms with van der Waals surface area (Å²) in [6.07, 6.45) is 11.6. The number of aryl methyl sites for hydroxylation is 2. The number of piperidine rings is 1. The Bertz CT molecular complexity index is 1120. The maximum Gasteiger partial charge on any atom is 0.232 e. The van der Waals surface area contributed by atoms with Crippen LogP contribution in [0, 0.1) is 19.8 Å². The van der Waals surface area contributed by atoms with Gasteiger partial charge in [0.15, 0.2) is 0 Å². The van der Waals surface area contributed by atoms with Crippen LogP contribution in [0.25, 0.3) is 5.57 Å². The third-order valence-corrected chi connectivity index (χ3v) is 8.98. The molecule has 0 amide bonds. The summed E-state index contributed by atoms with van der Waals surface area (Å²) in [6, 6.07) is 7.30. The molecule has 1 aromatic carbocycles. The van der Waals surface area contributed by atoms with E-state index in [2.05, 4.69) is 79.5 Å². The minimum Gasteiger partial charge on any atom is -0.338 e. The minimum absolute atomic E-state index is 0.147. The SMILES string of the molecule is C=C(C)c1cc(Nc2nc(C)nc(N(CCCC)C3CC(C)N(CC4CCCCC4)C(C)(C)C3)n2)ccc1C. The van der Waals surface area contributed by atoms with Crippen LogP contribution in [0.15, 0.2) is 24.8 Å². The first-order chi connectivity index (χ1) is 18.6. The molecule has 1 aliphatic heterocycles. The molecule has 2 fully saturated rings. The average Bonchev–Trinajstić information content (AvgIpc) is 2.87. The summed E-state index contributed by atoms with van der Waals surface area (Å²) in [5.74, 6) is 3.02. The maximum absolute atomic E-state index is 5.00. The van der Waals surface area contributed by atoms with Gasteiger partial charge in [-0.1, -0.05) is 50.8 Å². The van der Waals surface area contributed by atoms with Gasteiger partial charge in [0.05, 0.1) is 0 Å². The molecule has 0 radical (unpaired) electrons. The van der Waals surface area contributed by atoms with Crippen molar-refractivity contribution in [1.82, 2.24) is 19.9 Å². The van der Waals surface area contributed by atoms with E-state index in [9.17, 15) is 0 Å². The van der Waals surface area contributed by atoms with Crippen LogP contribution in [0.3, 0.4) is 0 Å². The smallest absolute Gasteiger partial charge is 0.232 e. The van der Waals surface area contributed by atoms with Gasteiger partial charge in [-0.05, 0) is 103 Å². The fourth-order valence-corrected chi connectivity index (χ4v) is 6.92. The molecule has 2 aromatic rings. The Morgan fingerprint density at radius 3 is 2.54 bits per heavy atom. The average molecular weight is 533 g/mol. The molecular weight excluding hydrogens is 480 g/mol. The van der Waals surface area contributed by atoms with Gasteiger partial charge in [0.25, 0.3) is 0 Å². The first-order valence-corrected chi connectivity index (χ1v) is 15.4. The quantitative estimate of drug-likeness (QED) is 0.334. The molecule has 1 saturated heterocycles. The summed E-state index contributed by atoms with van der Waals surface area (Å²) in [6.45, 7) is 22.1. The molecular formula is C33H52N6. The van der Waals surface area contributed by atoms with Crippen LogP contribution < -0.4 is 10.2 Å². The van der Waals surface area contributed by atoms with Crippen molar-refractivity contribution in [1.29, 1.82) is 0 Å². The van der Waals surface area contributed by atoms with Crippen molar-refractivity contribution >= 4 is 23.2 Å². The Morgan fingerprint density at radius 2 is 1.87 bits per heavy atom. The number of hydrogen-bond donors (Lipinski definition) is 1. The number of benzene rings is 1. The van der Waals surface area contributed by atoms with Gasteiger partial charge in [0.2, 0.25) is 11.9 Å². The summed E-state index contributed by atoms with van der Waals surface area (Å²) in [4.78, 5) is 19.9. The highest BCUT2D eigenvalue weighted by Crippen LogP contribution is 2.38. The number of nitrogens with zero attached hydrogens (tertiary/aromatic N) is 5. The van der Waals surface area contributed by atoms with Gasteiger partial charge >= 0.3 is 0 Å². The number of unbranched alkanes of at least 4 members (excludes halogenated alkanes) is 1. The van der Waals surface area contributed by atoms with E-state index in [0.717, 1.165) is 66.7 Å². The number of aromatic nitrogens is 3. The minimum atomic E-state index is 0.147. The molecule has 1 N–H and O–H groups in total. The largest absolute Gasteiger partial charge is 0.338 e. The zero-order chi connectivity index (χ0) is 28.2. The second-order valence-electron chi connectivity index (χ2n) is 12.9. The standard InChI is InChI=1S/C33H52N6/c1-9-10-18-38(29-19-25(5)39(33(7,8)21-29)22-27-14-12-11-13-15-27)32-35-26(6)34-31(37-32)36-28-17-16-24(4)30(20-28)23(2)3/h16-17,20,25,27,29H,2,9-15,18-19,21-22H2,1,3-8H3,(H,34,35,36,37). The van der Waals surface area contributed by atoms with E-state index in [4.69, 9.17) is 9.97 Å².